The summed E-state index contributed by atoms with van der Waals surface area (Å²) in [5.74, 6) is -0.306. The van der Waals surface area contributed by atoms with E-state index < -0.39 is 66.8 Å². The topological polar surface area (TPSA) is 230 Å². The van der Waals surface area contributed by atoms with E-state index in [1.165, 1.54) is 21.5 Å². The van der Waals surface area contributed by atoms with Crippen LogP contribution in [0.1, 0.15) is 82.6 Å². The molecule has 446 valence electrons. The van der Waals surface area contributed by atoms with Crippen molar-refractivity contribution >= 4 is 84.9 Å². The number of carbonyl (C=O) groups is 1. The first-order valence-electron chi connectivity index (χ1n) is 28.2. The number of carbonyl (C=O) groups excluding carboxylic acids is 1. The molecule has 6 aromatic carbocycles. The highest BCUT2D eigenvalue weighted by Crippen LogP contribution is 2.52. The van der Waals surface area contributed by atoms with E-state index in [1.54, 1.807) is 31.3 Å². The highest BCUT2D eigenvalue weighted by atomic mass is 32.2. The Bertz CT molecular complexity index is 4110. The van der Waals surface area contributed by atoms with Crippen molar-refractivity contribution in [3.63, 3.8) is 0 Å². The lowest BCUT2D eigenvalue weighted by atomic mass is 9.79. The maximum Gasteiger partial charge on any atom is 0.295 e. The van der Waals surface area contributed by atoms with Crippen LogP contribution in [0, 0.1) is 5.92 Å². The Hall–Kier alpha value is -6.40. The lowest BCUT2D eigenvalue weighted by Gasteiger charge is -2.27. The molecule has 6 aromatic rings. The summed E-state index contributed by atoms with van der Waals surface area (Å²) in [6.45, 7) is 14.5. The van der Waals surface area contributed by atoms with E-state index in [0.717, 1.165) is 60.9 Å². The van der Waals surface area contributed by atoms with Gasteiger partial charge in [-0.1, -0.05) is 118 Å². The zero-order valence-electron chi connectivity index (χ0n) is 48.2. The zero-order valence-corrected chi connectivity index (χ0v) is 51.5. The minimum atomic E-state index is -4.99. The second-order valence-electron chi connectivity index (χ2n) is 23.2. The first-order chi connectivity index (χ1) is 39.6. The van der Waals surface area contributed by atoms with Crippen LogP contribution in [0.15, 0.2) is 166 Å². The second kappa shape index (κ2) is 24.5. The van der Waals surface area contributed by atoms with Crippen LogP contribution in [0.4, 0.5) is 11.4 Å². The van der Waals surface area contributed by atoms with Gasteiger partial charge in [0, 0.05) is 111 Å². The number of hydrogen-bond acceptors (Lipinski definition) is 11. The molecular weight excluding hydrogens is 1150 g/mol. The van der Waals surface area contributed by atoms with Gasteiger partial charge in [-0.3, -0.25) is 23.4 Å². The van der Waals surface area contributed by atoms with Crippen LogP contribution in [0.5, 0.6) is 0 Å². The van der Waals surface area contributed by atoms with E-state index in [9.17, 15) is 52.1 Å². The summed E-state index contributed by atoms with van der Waals surface area (Å²) in [7, 11) is -16.7. The molecule has 21 heteroatoms. The number of anilines is 1. The third kappa shape index (κ3) is 13.2. The molecule has 1 fully saturated rings. The normalized spacial score (nSPS) is 18.3. The summed E-state index contributed by atoms with van der Waals surface area (Å²) in [5, 5.41) is 1.52. The Kier molecular flexibility index (Phi) is 18.1. The van der Waals surface area contributed by atoms with Crippen molar-refractivity contribution in [2.24, 2.45) is 5.92 Å². The molecule has 3 heterocycles. The van der Waals surface area contributed by atoms with Gasteiger partial charge in [-0.05, 0) is 103 Å². The predicted octanol–water partition coefficient (Wildman–Crippen LogP) is 9.95. The average Bonchev–Trinajstić information content (AvgIpc) is 1.70. The van der Waals surface area contributed by atoms with E-state index in [4.69, 9.17) is 0 Å². The van der Waals surface area contributed by atoms with Crippen molar-refractivity contribution in [1.82, 2.24) is 14.1 Å². The van der Waals surface area contributed by atoms with Gasteiger partial charge < -0.3 is 9.80 Å². The number of nitrogens with zero attached hydrogens (tertiary/aromatic N) is 5. The highest BCUT2D eigenvalue weighted by molar-refractivity contribution is 7.89. The van der Waals surface area contributed by atoms with E-state index in [0.29, 0.717) is 54.5 Å². The number of benzene rings is 6. The average molecular weight is 1220 g/mol. The Labute approximate surface area is 494 Å². The lowest BCUT2D eigenvalue weighted by Crippen LogP contribution is -2.37. The monoisotopic (exact) mass is 1220 g/mol. The maximum atomic E-state index is 14.6. The molecule has 3 aliphatic rings. The molecule has 0 aliphatic carbocycles. The third-order valence-electron chi connectivity index (χ3n) is 16.5. The Balaban J connectivity index is 0.939. The van der Waals surface area contributed by atoms with Crippen LogP contribution in [-0.4, -0.2) is 136 Å². The van der Waals surface area contributed by atoms with E-state index >= 15 is 0 Å². The molecule has 84 heavy (non-hydrogen) atoms. The molecule has 1 atom stereocenters. The number of rotatable bonds is 21. The van der Waals surface area contributed by atoms with E-state index in [1.807, 2.05) is 103 Å². The minimum Gasteiger partial charge on any atom is -0.344 e. The smallest absolute Gasteiger partial charge is 0.295 e. The molecule has 9 rings (SSSR count). The SMILES string of the molecule is CCC[N+]1=C(/C=C/C=C/C=C2/N(CCCS(=O)(=O)O)c3ccc4c(S(=O)(=O)O)cc(S(=O)(=O)O)cc4c3C2(C)C)C(C)(C)c2c1ccc1c(S(=O)(=O)N(C)CCCC(=O)N3CCN(Cc4ccccc4)CC(Cc4ccccc4)C3)cccc21. The Morgan fingerprint density at radius 2 is 1.37 bits per heavy atom. The van der Waals surface area contributed by atoms with Gasteiger partial charge in [0.15, 0.2) is 5.71 Å². The van der Waals surface area contributed by atoms with Gasteiger partial charge in [0.25, 0.3) is 30.4 Å². The summed E-state index contributed by atoms with van der Waals surface area (Å²) in [6, 6.07) is 34.8. The van der Waals surface area contributed by atoms with Crippen LogP contribution in [0.3, 0.4) is 0 Å². The fraction of sp³-hybridized carbons (Fsp3) is 0.365. The molecule has 1 saturated heterocycles. The molecule has 3 aliphatic heterocycles. The third-order valence-corrected chi connectivity index (χ3v) is 20.9. The van der Waals surface area contributed by atoms with Crippen molar-refractivity contribution < 1.29 is 56.7 Å². The molecule has 0 bridgehead atoms. The first kappa shape index (κ1) is 62.1. The molecule has 1 unspecified atom stereocenters. The largest absolute Gasteiger partial charge is 0.344 e. The number of amides is 1. The standard InChI is InChI=1S/C63H73N5O12S4/c1-7-33-67-53-31-29-49-51(24-17-25-55(49)82(73,74)64(6)34-18-28-59(69)66-37-36-65(42-46-22-13-9-14-23-46)43-47(44-66)39-45-20-11-8-12-21-45)60(53)62(2,3)57(67)26-15-10-16-27-58-63(4,5)61-52-40-48(83(75,76)77)41-56(84(78,79)80)50(52)30-32-54(61)68(58)35-19-38-81(70,71)72/h8-17,20-27,29-32,40-41,47H,7,18-19,28,33-39,42-44H2,1-6H3,(H2-,70,71,72,75,76,77,78,79,80)/p+1. The van der Waals surface area contributed by atoms with Crippen LogP contribution in [-0.2, 0) is 69.0 Å². The van der Waals surface area contributed by atoms with Crippen LogP contribution >= 0.6 is 0 Å². The first-order valence-corrected chi connectivity index (χ1v) is 34.1. The van der Waals surface area contributed by atoms with Gasteiger partial charge in [0.05, 0.1) is 21.0 Å². The summed E-state index contributed by atoms with van der Waals surface area (Å²) >= 11 is 0. The second-order valence-corrected chi connectivity index (χ2v) is 29.6. The molecule has 17 nitrogen and oxygen atoms in total. The van der Waals surface area contributed by atoms with E-state index in [-0.39, 0.29) is 53.4 Å². The quantitative estimate of drug-likeness (QED) is 0.0346. The van der Waals surface area contributed by atoms with Crippen LogP contribution < -0.4 is 4.90 Å². The summed E-state index contributed by atoms with van der Waals surface area (Å²) in [5.41, 5.74) is 5.30. The van der Waals surface area contributed by atoms with Crippen molar-refractivity contribution in [2.75, 3.05) is 63.5 Å². The molecular formula is C63H74N5O12S4+. The molecule has 0 spiro atoms. The van der Waals surface area contributed by atoms with Crippen molar-refractivity contribution in [1.29, 1.82) is 0 Å². The summed E-state index contributed by atoms with van der Waals surface area (Å²) in [6.07, 6.45) is 11.6. The fourth-order valence-electron chi connectivity index (χ4n) is 12.7. The number of hydrogen-bond donors (Lipinski definition) is 3. The fourth-order valence-corrected chi connectivity index (χ4v) is 15.9. The molecule has 0 aromatic heterocycles. The van der Waals surface area contributed by atoms with Gasteiger partial charge in [0.2, 0.25) is 21.6 Å². The highest BCUT2D eigenvalue weighted by Gasteiger charge is 2.46. The van der Waals surface area contributed by atoms with E-state index in [2.05, 4.69) is 54.5 Å². The minimum absolute atomic E-state index is 0.00445. The van der Waals surface area contributed by atoms with Crippen molar-refractivity contribution in [2.45, 2.75) is 98.8 Å². The number of allylic oxidation sites excluding steroid dienone is 6. The van der Waals surface area contributed by atoms with Gasteiger partial charge >= 0.3 is 0 Å². The van der Waals surface area contributed by atoms with Crippen molar-refractivity contribution in [3.05, 3.63) is 174 Å². The molecule has 0 saturated carbocycles. The van der Waals surface area contributed by atoms with Crippen molar-refractivity contribution in [3.8, 4) is 0 Å². The van der Waals surface area contributed by atoms with Gasteiger partial charge in [-0.2, -0.15) is 29.8 Å². The van der Waals surface area contributed by atoms with Crippen LogP contribution in [0.2, 0.25) is 0 Å². The number of sulfonamides is 1. The summed E-state index contributed by atoms with van der Waals surface area (Å²) in [4.78, 5) is 18.9. The Morgan fingerprint density at radius 3 is 2.04 bits per heavy atom. The Morgan fingerprint density at radius 1 is 0.690 bits per heavy atom. The number of fused-ring (bicyclic) bond motifs is 6. The molecule has 0 radical (unpaired) electrons. The maximum absolute atomic E-state index is 14.6. The predicted molar refractivity (Wildman–Crippen MR) is 329 cm³/mol. The molecule has 1 amide bonds. The van der Waals surface area contributed by atoms with Gasteiger partial charge in [-0.25, -0.2) is 12.7 Å². The van der Waals surface area contributed by atoms with Crippen LogP contribution in [0.25, 0.3) is 21.5 Å². The zero-order chi connectivity index (χ0) is 60.6. The lowest BCUT2D eigenvalue weighted by molar-refractivity contribution is -0.437. The molecule has 3 N–H and O–H groups in total. The summed E-state index contributed by atoms with van der Waals surface area (Å²) < 4.78 is 137. The van der Waals surface area contributed by atoms with Gasteiger partial charge in [0.1, 0.15) is 11.4 Å². The van der Waals surface area contributed by atoms with Gasteiger partial charge in [-0.15, -0.1) is 0 Å².